The van der Waals surface area contributed by atoms with Gasteiger partial charge in [-0.1, -0.05) is 53.4 Å². The molecule has 0 unspecified atom stereocenters. The molecule has 0 saturated carbocycles. The van der Waals surface area contributed by atoms with E-state index in [-0.39, 0.29) is 18.6 Å². The SMILES string of the molecule is C.CC(C)(C)OC(C)(C)C.CCCCCCC. The average Bonchev–Trinajstić information content (AvgIpc) is 1.99. The molecule has 0 spiro atoms. The second kappa shape index (κ2) is 11.1. The van der Waals surface area contributed by atoms with Crippen molar-refractivity contribution in [3.05, 3.63) is 0 Å². The van der Waals surface area contributed by atoms with Gasteiger partial charge in [-0.15, -0.1) is 0 Å². The van der Waals surface area contributed by atoms with Crippen LogP contribution in [-0.4, -0.2) is 11.2 Å². The average molecular weight is 246 g/mol. The van der Waals surface area contributed by atoms with Crippen molar-refractivity contribution in [3.8, 4) is 0 Å². The molecular weight excluding hydrogens is 208 g/mol. The van der Waals surface area contributed by atoms with Crippen LogP contribution >= 0.6 is 0 Å². The Bertz CT molecular complexity index is 121. The number of rotatable bonds is 4. The summed E-state index contributed by atoms with van der Waals surface area (Å²) >= 11 is 0. The van der Waals surface area contributed by atoms with Crippen molar-refractivity contribution in [2.75, 3.05) is 0 Å². The number of unbranched alkanes of at least 4 members (excludes halogenated alkanes) is 4. The molecular formula is C16H38O. The lowest BCUT2D eigenvalue weighted by Crippen LogP contribution is -2.31. The molecule has 0 aromatic heterocycles. The number of hydrogen-bond acceptors (Lipinski definition) is 1. The highest BCUT2D eigenvalue weighted by Gasteiger charge is 2.19. The van der Waals surface area contributed by atoms with Crippen LogP contribution in [-0.2, 0) is 4.74 Å². The largest absolute Gasteiger partial charge is 0.370 e. The molecule has 0 aliphatic carbocycles. The third-order valence-corrected chi connectivity index (χ3v) is 1.82. The molecule has 108 valence electrons. The normalized spacial score (nSPS) is 11.3. The van der Waals surface area contributed by atoms with Gasteiger partial charge in [0.25, 0.3) is 0 Å². The standard InChI is InChI=1S/C8H18O.C7H16.CH4/c1-7(2,3)9-8(4,5)6;1-3-5-7-6-4-2;/h1-6H3;3-7H2,1-2H3;1H4. The van der Waals surface area contributed by atoms with Crippen LogP contribution in [0.1, 0.15) is 94.9 Å². The van der Waals surface area contributed by atoms with Gasteiger partial charge in [0.15, 0.2) is 0 Å². The molecule has 0 fully saturated rings. The molecule has 0 aromatic carbocycles. The Hall–Kier alpha value is -0.0400. The van der Waals surface area contributed by atoms with Gasteiger partial charge in [0.2, 0.25) is 0 Å². The van der Waals surface area contributed by atoms with E-state index in [9.17, 15) is 0 Å². The van der Waals surface area contributed by atoms with E-state index in [0.717, 1.165) is 0 Å². The predicted octanol–water partition coefficient (Wildman–Crippen LogP) is 6.21. The molecule has 0 N–H and O–H groups in total. The monoisotopic (exact) mass is 246 g/mol. The zero-order valence-electron chi connectivity index (χ0n) is 12.9. The van der Waals surface area contributed by atoms with E-state index < -0.39 is 0 Å². The lowest BCUT2D eigenvalue weighted by atomic mass is 10.1. The Kier molecular flexibility index (Phi) is 14.4. The molecule has 0 amide bonds. The van der Waals surface area contributed by atoms with Gasteiger partial charge in [0.1, 0.15) is 0 Å². The van der Waals surface area contributed by atoms with Crippen LogP contribution in [0, 0.1) is 0 Å². The maximum Gasteiger partial charge on any atom is 0.0605 e. The van der Waals surface area contributed by atoms with Crippen molar-refractivity contribution >= 4 is 0 Å². The van der Waals surface area contributed by atoms with Crippen molar-refractivity contribution < 1.29 is 4.74 Å². The fourth-order valence-corrected chi connectivity index (χ4v) is 1.60. The molecule has 0 radical (unpaired) electrons. The van der Waals surface area contributed by atoms with Gasteiger partial charge >= 0.3 is 0 Å². The van der Waals surface area contributed by atoms with Crippen LogP contribution in [0.5, 0.6) is 0 Å². The minimum absolute atomic E-state index is 0. The third-order valence-electron chi connectivity index (χ3n) is 1.82. The number of ether oxygens (including phenoxy) is 1. The highest BCUT2D eigenvalue weighted by Crippen LogP contribution is 2.17. The summed E-state index contributed by atoms with van der Waals surface area (Å²) < 4.78 is 5.62. The van der Waals surface area contributed by atoms with E-state index in [0.29, 0.717) is 0 Å². The minimum atomic E-state index is -0.0156. The lowest BCUT2D eigenvalue weighted by Gasteiger charge is -2.30. The first-order chi connectivity index (χ1) is 7.12. The second-order valence-corrected chi connectivity index (χ2v) is 6.39. The van der Waals surface area contributed by atoms with Gasteiger partial charge in [0, 0.05) is 0 Å². The van der Waals surface area contributed by atoms with Crippen molar-refractivity contribution in [2.45, 2.75) is 106 Å². The van der Waals surface area contributed by atoms with Crippen LogP contribution in [0.25, 0.3) is 0 Å². The van der Waals surface area contributed by atoms with E-state index in [2.05, 4.69) is 55.4 Å². The molecule has 17 heavy (non-hydrogen) atoms. The quantitative estimate of drug-likeness (QED) is 0.536. The van der Waals surface area contributed by atoms with Crippen molar-refractivity contribution in [2.24, 2.45) is 0 Å². The first-order valence-electron chi connectivity index (χ1n) is 6.82. The Morgan fingerprint density at radius 3 is 1.06 bits per heavy atom. The Morgan fingerprint density at radius 1 is 0.647 bits per heavy atom. The fourth-order valence-electron chi connectivity index (χ4n) is 1.60. The minimum Gasteiger partial charge on any atom is -0.370 e. The molecule has 1 nitrogen and oxygen atoms in total. The van der Waals surface area contributed by atoms with Gasteiger partial charge in [0.05, 0.1) is 11.2 Å². The highest BCUT2D eigenvalue weighted by atomic mass is 16.5. The molecule has 0 atom stereocenters. The van der Waals surface area contributed by atoms with E-state index in [1.165, 1.54) is 32.1 Å². The van der Waals surface area contributed by atoms with E-state index in [1.807, 2.05) is 0 Å². The van der Waals surface area contributed by atoms with Crippen LogP contribution in [0.2, 0.25) is 0 Å². The Balaban J connectivity index is -0.000000224. The van der Waals surface area contributed by atoms with Gasteiger partial charge in [-0.2, -0.15) is 0 Å². The Morgan fingerprint density at radius 2 is 0.941 bits per heavy atom. The molecule has 0 aliphatic rings. The molecule has 0 heterocycles. The summed E-state index contributed by atoms with van der Waals surface area (Å²) in [7, 11) is 0. The summed E-state index contributed by atoms with van der Waals surface area (Å²) in [5.74, 6) is 0. The molecule has 0 bridgehead atoms. The van der Waals surface area contributed by atoms with Crippen LogP contribution < -0.4 is 0 Å². The van der Waals surface area contributed by atoms with Gasteiger partial charge in [-0.3, -0.25) is 0 Å². The lowest BCUT2D eigenvalue weighted by molar-refractivity contribution is -0.102. The molecule has 0 aromatic rings. The Labute approximate surface area is 111 Å². The smallest absolute Gasteiger partial charge is 0.0605 e. The molecule has 0 aliphatic heterocycles. The van der Waals surface area contributed by atoms with E-state index in [1.54, 1.807) is 0 Å². The summed E-state index contributed by atoms with van der Waals surface area (Å²) in [4.78, 5) is 0. The first kappa shape index (κ1) is 22.2. The summed E-state index contributed by atoms with van der Waals surface area (Å²) in [5, 5.41) is 0. The van der Waals surface area contributed by atoms with E-state index >= 15 is 0 Å². The highest BCUT2D eigenvalue weighted by molar-refractivity contribution is 4.68. The molecule has 0 rings (SSSR count). The van der Waals surface area contributed by atoms with Crippen molar-refractivity contribution in [1.82, 2.24) is 0 Å². The third kappa shape index (κ3) is 31.4. The van der Waals surface area contributed by atoms with Crippen LogP contribution in [0.3, 0.4) is 0 Å². The topological polar surface area (TPSA) is 9.23 Å². The molecule has 0 saturated heterocycles. The summed E-state index contributed by atoms with van der Waals surface area (Å²) in [6.07, 6.45) is 7.01. The van der Waals surface area contributed by atoms with Crippen LogP contribution in [0.15, 0.2) is 0 Å². The van der Waals surface area contributed by atoms with Gasteiger partial charge in [-0.05, 0) is 41.5 Å². The van der Waals surface area contributed by atoms with Crippen LogP contribution in [0.4, 0.5) is 0 Å². The summed E-state index contributed by atoms with van der Waals surface area (Å²) in [5.41, 5.74) is -0.0312. The van der Waals surface area contributed by atoms with Crippen molar-refractivity contribution in [3.63, 3.8) is 0 Å². The zero-order chi connectivity index (χ0) is 13.2. The maximum atomic E-state index is 5.62. The summed E-state index contributed by atoms with van der Waals surface area (Å²) in [6.45, 7) is 16.9. The predicted molar refractivity (Wildman–Crippen MR) is 81.8 cm³/mol. The molecule has 1 heteroatoms. The zero-order valence-corrected chi connectivity index (χ0v) is 12.9. The first-order valence-corrected chi connectivity index (χ1v) is 6.82. The number of hydrogen-bond donors (Lipinski definition) is 0. The maximum absolute atomic E-state index is 5.62. The van der Waals surface area contributed by atoms with Gasteiger partial charge in [-0.25, -0.2) is 0 Å². The second-order valence-electron chi connectivity index (χ2n) is 6.39. The van der Waals surface area contributed by atoms with Crippen molar-refractivity contribution in [1.29, 1.82) is 0 Å². The summed E-state index contributed by atoms with van der Waals surface area (Å²) in [6, 6.07) is 0. The van der Waals surface area contributed by atoms with Gasteiger partial charge < -0.3 is 4.74 Å². The van der Waals surface area contributed by atoms with E-state index in [4.69, 9.17) is 4.74 Å². The fraction of sp³-hybridized carbons (Fsp3) is 1.00.